The Morgan fingerprint density at radius 1 is 1.26 bits per heavy atom. The topological polar surface area (TPSA) is 119 Å². The number of aromatic nitrogens is 5. The van der Waals surface area contributed by atoms with Crippen LogP contribution >= 0.6 is 11.6 Å². The number of carbonyl (C=O) groups is 2. The number of fused-ring (bicyclic) bond motifs is 1. The molecule has 38 heavy (non-hydrogen) atoms. The Bertz CT molecular complexity index is 1500. The number of carbonyl (C=O) groups excluding carboxylic acids is 2. The van der Waals surface area contributed by atoms with Gasteiger partial charge in [0.05, 0.1) is 40.3 Å². The zero-order chi connectivity index (χ0) is 27.6. The third-order valence-electron chi connectivity index (χ3n) is 5.50. The molecule has 15 heteroatoms. The molecule has 4 aromatic rings. The van der Waals surface area contributed by atoms with Crippen LogP contribution in [0.4, 0.5) is 24.7 Å². The van der Waals surface area contributed by atoms with Gasteiger partial charge in [0.25, 0.3) is 12.4 Å². The number of likely N-dealkylation sites (N-methyl/N-ethyl adjacent to an activating group) is 1. The zero-order valence-corrected chi connectivity index (χ0v) is 21.1. The van der Waals surface area contributed by atoms with Gasteiger partial charge in [-0.2, -0.15) is 18.3 Å². The van der Waals surface area contributed by atoms with Gasteiger partial charge in [-0.15, -0.1) is 0 Å². The highest BCUT2D eigenvalue weighted by Crippen LogP contribution is 2.39. The normalized spacial score (nSPS) is 11.7. The second kappa shape index (κ2) is 10.7. The number of nitrogens with one attached hydrogen (secondary N) is 2. The molecule has 0 radical (unpaired) electrons. The number of nitrogens with zero attached hydrogens (tertiary/aromatic N) is 6. The lowest BCUT2D eigenvalue weighted by Gasteiger charge is -2.14. The molecule has 0 saturated carbocycles. The van der Waals surface area contributed by atoms with Crippen LogP contribution in [0.5, 0.6) is 5.75 Å². The Hall–Kier alpha value is -4.17. The van der Waals surface area contributed by atoms with Crippen LogP contribution in [0.15, 0.2) is 36.9 Å². The minimum Gasteiger partial charge on any atom is -0.425 e. The average molecular weight is 551 g/mol. The molecule has 0 unspecified atom stereocenters. The van der Waals surface area contributed by atoms with Gasteiger partial charge in [-0.05, 0) is 26.2 Å². The highest BCUT2D eigenvalue weighted by Gasteiger charge is 2.38. The maximum absolute atomic E-state index is 13.9. The number of imidazole rings is 1. The zero-order valence-electron chi connectivity index (χ0n) is 20.4. The Labute approximate surface area is 219 Å². The van der Waals surface area contributed by atoms with E-state index in [1.807, 2.05) is 19.0 Å². The summed E-state index contributed by atoms with van der Waals surface area (Å²) in [5.41, 5.74) is -0.623. The van der Waals surface area contributed by atoms with Crippen molar-refractivity contribution in [2.24, 2.45) is 0 Å². The van der Waals surface area contributed by atoms with Crippen LogP contribution in [0.25, 0.3) is 16.9 Å². The molecule has 0 aliphatic heterocycles. The molecule has 0 aliphatic carbocycles. The third kappa shape index (κ3) is 5.26. The number of halogens is 4. The SMILES string of the molecule is CNC(=O)c1ccc(Nc2nccn3c(-c4cn(CCN(C)C)nc4C(F)(F)F)cnc23)c(OC=O)c1Cl. The van der Waals surface area contributed by atoms with Crippen molar-refractivity contribution in [1.82, 2.24) is 34.4 Å². The highest BCUT2D eigenvalue weighted by molar-refractivity contribution is 6.36. The maximum atomic E-state index is 13.9. The van der Waals surface area contributed by atoms with Crippen molar-refractivity contribution in [2.75, 3.05) is 33.0 Å². The van der Waals surface area contributed by atoms with Crippen molar-refractivity contribution in [3.63, 3.8) is 0 Å². The third-order valence-corrected chi connectivity index (χ3v) is 5.87. The van der Waals surface area contributed by atoms with Gasteiger partial charge in [-0.25, -0.2) is 9.97 Å². The fraction of sp³-hybridized carbons (Fsp3) is 0.261. The van der Waals surface area contributed by atoms with Crippen LogP contribution in [0.2, 0.25) is 5.02 Å². The summed E-state index contributed by atoms with van der Waals surface area (Å²) < 4.78 is 49.3. The minimum atomic E-state index is -4.69. The molecule has 0 aliphatic rings. The number of benzene rings is 1. The van der Waals surface area contributed by atoms with E-state index >= 15 is 0 Å². The van der Waals surface area contributed by atoms with Crippen molar-refractivity contribution < 1.29 is 27.5 Å². The van der Waals surface area contributed by atoms with Crippen LogP contribution in [0, 0.1) is 0 Å². The fourth-order valence-corrected chi connectivity index (χ4v) is 3.99. The van der Waals surface area contributed by atoms with Crippen molar-refractivity contribution in [3.05, 3.63) is 53.2 Å². The van der Waals surface area contributed by atoms with Gasteiger partial charge in [0.15, 0.2) is 22.9 Å². The Morgan fingerprint density at radius 2 is 2.03 bits per heavy atom. The molecule has 1 aromatic carbocycles. The number of alkyl halides is 3. The van der Waals surface area contributed by atoms with Crippen LogP contribution in [-0.2, 0) is 17.5 Å². The van der Waals surface area contributed by atoms with Crippen LogP contribution in [0.1, 0.15) is 16.1 Å². The second-order valence-electron chi connectivity index (χ2n) is 8.29. The number of ether oxygens (including phenoxy) is 1. The first-order chi connectivity index (χ1) is 18.0. The first kappa shape index (κ1) is 26.9. The lowest BCUT2D eigenvalue weighted by atomic mass is 10.1. The van der Waals surface area contributed by atoms with Crippen LogP contribution in [-0.4, -0.2) is 69.1 Å². The molecular weight excluding hydrogens is 529 g/mol. The molecule has 1 amide bonds. The molecular formula is C23H22ClF3N8O3. The molecule has 200 valence electrons. The van der Waals surface area contributed by atoms with Crippen molar-refractivity contribution >= 4 is 41.1 Å². The van der Waals surface area contributed by atoms with Crippen LogP contribution in [0.3, 0.4) is 0 Å². The largest absolute Gasteiger partial charge is 0.435 e. The van der Waals surface area contributed by atoms with Crippen molar-refractivity contribution in [2.45, 2.75) is 12.7 Å². The molecule has 0 fully saturated rings. The number of hydrogen-bond donors (Lipinski definition) is 2. The standard InChI is InChI=1S/C23H22ClF3N8O3/c1-28-22(37)13-4-5-15(18(17(13)24)38-12-36)31-20-21-30-10-16(35(21)7-6-29-20)14-11-34(9-8-33(2)3)32-19(14)23(25,26)27/h4-7,10-12H,8-9H2,1-3H3,(H,28,37)(H,29,31). The number of amides is 1. The molecule has 2 N–H and O–H groups in total. The molecule has 11 nitrogen and oxygen atoms in total. The smallest absolute Gasteiger partial charge is 0.425 e. The summed E-state index contributed by atoms with van der Waals surface area (Å²) in [6.45, 7) is 0.901. The summed E-state index contributed by atoms with van der Waals surface area (Å²) in [5, 5.41) is 9.01. The first-order valence-electron chi connectivity index (χ1n) is 11.1. The monoisotopic (exact) mass is 550 g/mol. The average Bonchev–Trinajstić information content (AvgIpc) is 3.49. The second-order valence-corrected chi connectivity index (χ2v) is 8.67. The Kier molecular flexibility index (Phi) is 7.55. The Morgan fingerprint density at radius 3 is 2.68 bits per heavy atom. The number of hydrogen-bond acceptors (Lipinski definition) is 8. The quantitative estimate of drug-likeness (QED) is 0.304. The molecule has 3 heterocycles. The predicted octanol–water partition coefficient (Wildman–Crippen LogP) is 3.47. The van der Waals surface area contributed by atoms with E-state index in [0.717, 1.165) is 0 Å². The summed E-state index contributed by atoms with van der Waals surface area (Å²) >= 11 is 6.30. The summed E-state index contributed by atoms with van der Waals surface area (Å²) in [5.74, 6) is -0.506. The van der Waals surface area contributed by atoms with Crippen molar-refractivity contribution in [1.29, 1.82) is 0 Å². The lowest BCUT2D eigenvalue weighted by Crippen LogP contribution is -2.19. The van der Waals surface area contributed by atoms with Gasteiger partial charge in [-0.1, -0.05) is 11.6 Å². The van der Waals surface area contributed by atoms with Gasteiger partial charge in [-0.3, -0.25) is 18.7 Å². The van der Waals surface area contributed by atoms with E-state index in [0.29, 0.717) is 6.54 Å². The van der Waals surface area contributed by atoms with E-state index in [1.165, 1.54) is 53.1 Å². The summed E-state index contributed by atoms with van der Waals surface area (Å²) in [4.78, 5) is 33.5. The van der Waals surface area contributed by atoms with Gasteiger partial charge in [0.2, 0.25) is 0 Å². The maximum Gasteiger partial charge on any atom is 0.435 e. The van der Waals surface area contributed by atoms with Gasteiger partial charge >= 0.3 is 6.18 Å². The molecule has 0 saturated heterocycles. The van der Waals surface area contributed by atoms with Gasteiger partial charge in [0.1, 0.15) is 0 Å². The molecule has 0 bridgehead atoms. The van der Waals surface area contributed by atoms with E-state index in [2.05, 4.69) is 25.7 Å². The highest BCUT2D eigenvalue weighted by atomic mass is 35.5. The molecule has 0 atom stereocenters. The molecule has 3 aromatic heterocycles. The summed E-state index contributed by atoms with van der Waals surface area (Å²) in [7, 11) is 5.04. The summed E-state index contributed by atoms with van der Waals surface area (Å²) in [6, 6.07) is 2.86. The molecule has 0 spiro atoms. The number of rotatable bonds is 9. The lowest BCUT2D eigenvalue weighted by molar-refractivity contribution is -0.141. The fourth-order valence-electron chi connectivity index (χ4n) is 3.70. The van der Waals surface area contributed by atoms with E-state index < -0.39 is 17.8 Å². The number of anilines is 2. The van der Waals surface area contributed by atoms with E-state index in [-0.39, 0.29) is 57.8 Å². The molecule has 4 rings (SSSR count). The van der Waals surface area contributed by atoms with Crippen LogP contribution < -0.4 is 15.4 Å². The minimum absolute atomic E-state index is 0.0665. The van der Waals surface area contributed by atoms with Gasteiger partial charge in [0, 0.05) is 32.2 Å². The van der Waals surface area contributed by atoms with Crippen molar-refractivity contribution in [3.8, 4) is 17.0 Å². The first-order valence-corrected chi connectivity index (χ1v) is 11.5. The van der Waals surface area contributed by atoms with E-state index in [9.17, 15) is 22.8 Å². The predicted molar refractivity (Wildman–Crippen MR) is 133 cm³/mol. The van der Waals surface area contributed by atoms with Gasteiger partial charge < -0.3 is 20.3 Å². The summed E-state index contributed by atoms with van der Waals surface area (Å²) in [6.07, 6.45) is 0.753. The Balaban J connectivity index is 1.78. The van der Waals surface area contributed by atoms with E-state index in [4.69, 9.17) is 16.3 Å². The van der Waals surface area contributed by atoms with E-state index in [1.54, 1.807) is 0 Å².